The maximum Gasteiger partial charge on any atom is 0.253 e. The Morgan fingerprint density at radius 1 is 0.821 bits per heavy atom. The molecule has 0 aromatic heterocycles. The zero-order valence-corrected chi connectivity index (χ0v) is 17.2. The summed E-state index contributed by atoms with van der Waals surface area (Å²) in [6, 6.07) is 5.94. The van der Waals surface area contributed by atoms with Crippen molar-refractivity contribution in [3.63, 3.8) is 0 Å². The molecule has 5 fully saturated rings. The number of carbonyl (C=O) groups is 2. The lowest BCUT2D eigenvalue weighted by atomic mass is 9.49. The number of hydrogen-bond acceptors (Lipinski definition) is 2. The summed E-state index contributed by atoms with van der Waals surface area (Å²) in [5.41, 5.74) is 3.07. The van der Waals surface area contributed by atoms with Crippen LogP contribution in [-0.2, 0) is 4.79 Å². The van der Waals surface area contributed by atoms with E-state index in [1.165, 1.54) is 24.8 Å². The van der Waals surface area contributed by atoms with Crippen LogP contribution in [0.15, 0.2) is 18.2 Å². The molecule has 1 aromatic rings. The predicted molar refractivity (Wildman–Crippen MR) is 109 cm³/mol. The SMILES string of the molecule is Cc1ccc(C(=O)N2CCN(C(=O)C34CC5CC(CC(C5)C3)C4)CC2)cc1C. The summed E-state index contributed by atoms with van der Waals surface area (Å²) in [6.45, 7) is 6.81. The van der Waals surface area contributed by atoms with E-state index in [-0.39, 0.29) is 11.3 Å². The summed E-state index contributed by atoms with van der Waals surface area (Å²) in [5.74, 6) is 2.89. The third-order valence-electron chi connectivity index (χ3n) is 8.10. The quantitative estimate of drug-likeness (QED) is 0.783. The molecule has 6 rings (SSSR count). The molecule has 1 aromatic carbocycles. The molecule has 1 heterocycles. The second-order valence-corrected chi connectivity index (χ2v) is 10.1. The molecule has 5 aliphatic rings. The van der Waals surface area contributed by atoms with Crippen LogP contribution in [0.5, 0.6) is 0 Å². The zero-order valence-electron chi connectivity index (χ0n) is 17.2. The highest BCUT2D eigenvalue weighted by molar-refractivity contribution is 5.94. The van der Waals surface area contributed by atoms with E-state index in [1.54, 1.807) is 0 Å². The van der Waals surface area contributed by atoms with Crippen molar-refractivity contribution < 1.29 is 9.59 Å². The topological polar surface area (TPSA) is 40.6 Å². The molecule has 2 amide bonds. The first-order valence-electron chi connectivity index (χ1n) is 11.1. The van der Waals surface area contributed by atoms with Crippen molar-refractivity contribution in [3.05, 3.63) is 34.9 Å². The minimum absolute atomic E-state index is 0.0605. The standard InChI is InChI=1S/C24H32N2O2/c1-16-3-4-21(9-17(16)2)22(27)25-5-7-26(8-6-25)23(28)24-13-18-10-19(14-24)12-20(11-18)15-24/h3-4,9,18-20H,5-8,10-15H2,1-2H3. The molecular weight excluding hydrogens is 348 g/mol. The van der Waals surface area contributed by atoms with E-state index in [2.05, 4.69) is 11.8 Å². The molecular formula is C24H32N2O2. The lowest BCUT2D eigenvalue weighted by Crippen LogP contribution is -2.58. The summed E-state index contributed by atoms with van der Waals surface area (Å²) in [5, 5.41) is 0. The van der Waals surface area contributed by atoms with Crippen molar-refractivity contribution in [1.29, 1.82) is 0 Å². The molecule has 0 radical (unpaired) electrons. The van der Waals surface area contributed by atoms with Gasteiger partial charge in [-0.3, -0.25) is 9.59 Å². The number of carbonyl (C=O) groups excluding carboxylic acids is 2. The minimum atomic E-state index is -0.0605. The van der Waals surface area contributed by atoms with Crippen molar-refractivity contribution in [1.82, 2.24) is 9.80 Å². The lowest BCUT2D eigenvalue weighted by molar-refractivity contribution is -0.159. The summed E-state index contributed by atoms with van der Waals surface area (Å²) >= 11 is 0. The van der Waals surface area contributed by atoms with E-state index < -0.39 is 0 Å². The van der Waals surface area contributed by atoms with Gasteiger partial charge in [0.1, 0.15) is 0 Å². The van der Waals surface area contributed by atoms with Gasteiger partial charge in [0.15, 0.2) is 0 Å². The highest BCUT2D eigenvalue weighted by Crippen LogP contribution is 2.60. The van der Waals surface area contributed by atoms with Crippen LogP contribution in [0.25, 0.3) is 0 Å². The fourth-order valence-electron chi connectivity index (χ4n) is 6.88. The van der Waals surface area contributed by atoms with E-state index in [4.69, 9.17) is 0 Å². The summed E-state index contributed by atoms with van der Waals surface area (Å²) in [6.07, 6.45) is 7.47. The molecule has 1 aliphatic heterocycles. The van der Waals surface area contributed by atoms with Crippen molar-refractivity contribution in [2.75, 3.05) is 26.2 Å². The normalized spacial score (nSPS) is 34.0. The summed E-state index contributed by atoms with van der Waals surface area (Å²) in [4.78, 5) is 30.4. The summed E-state index contributed by atoms with van der Waals surface area (Å²) in [7, 11) is 0. The first-order valence-corrected chi connectivity index (χ1v) is 11.1. The lowest BCUT2D eigenvalue weighted by Gasteiger charge is -2.57. The number of aryl methyl sites for hydroxylation is 2. The van der Waals surface area contributed by atoms with Gasteiger partial charge in [0.05, 0.1) is 5.41 Å². The van der Waals surface area contributed by atoms with Crippen molar-refractivity contribution in [2.45, 2.75) is 52.4 Å². The second kappa shape index (κ2) is 6.60. The maximum atomic E-state index is 13.5. The van der Waals surface area contributed by atoms with Crippen LogP contribution in [0.4, 0.5) is 0 Å². The molecule has 1 saturated heterocycles. The largest absolute Gasteiger partial charge is 0.339 e. The molecule has 4 bridgehead atoms. The van der Waals surface area contributed by atoms with E-state index in [1.807, 2.05) is 30.0 Å². The van der Waals surface area contributed by atoms with Gasteiger partial charge in [-0.05, 0) is 93.4 Å². The Balaban J connectivity index is 1.24. The van der Waals surface area contributed by atoms with Gasteiger partial charge >= 0.3 is 0 Å². The van der Waals surface area contributed by atoms with Gasteiger partial charge in [-0.2, -0.15) is 0 Å². The van der Waals surface area contributed by atoms with Crippen molar-refractivity contribution in [2.24, 2.45) is 23.2 Å². The average Bonchev–Trinajstić information content (AvgIpc) is 2.68. The number of piperazine rings is 1. The van der Waals surface area contributed by atoms with E-state index in [0.717, 1.165) is 48.1 Å². The molecule has 0 spiro atoms. The molecule has 28 heavy (non-hydrogen) atoms. The van der Waals surface area contributed by atoms with Gasteiger partial charge in [-0.15, -0.1) is 0 Å². The Labute approximate surface area is 168 Å². The summed E-state index contributed by atoms with van der Waals surface area (Å²) < 4.78 is 0. The molecule has 4 aliphatic carbocycles. The van der Waals surface area contributed by atoms with Crippen LogP contribution in [0, 0.1) is 37.0 Å². The number of hydrogen-bond donors (Lipinski definition) is 0. The maximum absolute atomic E-state index is 13.5. The van der Waals surface area contributed by atoms with Crippen LogP contribution in [0.2, 0.25) is 0 Å². The highest BCUT2D eigenvalue weighted by atomic mass is 16.2. The second-order valence-electron chi connectivity index (χ2n) is 10.1. The molecule has 0 N–H and O–H groups in total. The van der Waals surface area contributed by atoms with E-state index in [0.29, 0.717) is 32.1 Å². The van der Waals surface area contributed by atoms with Crippen LogP contribution in [-0.4, -0.2) is 47.8 Å². The number of amides is 2. The zero-order chi connectivity index (χ0) is 19.5. The van der Waals surface area contributed by atoms with E-state index >= 15 is 0 Å². The number of benzene rings is 1. The third-order valence-corrected chi connectivity index (χ3v) is 8.10. The number of rotatable bonds is 2. The van der Waals surface area contributed by atoms with Crippen molar-refractivity contribution >= 4 is 11.8 Å². The smallest absolute Gasteiger partial charge is 0.253 e. The van der Waals surface area contributed by atoms with Gasteiger partial charge in [0.25, 0.3) is 5.91 Å². The van der Waals surface area contributed by atoms with Crippen molar-refractivity contribution in [3.8, 4) is 0 Å². The number of nitrogens with zero attached hydrogens (tertiary/aromatic N) is 2. The Morgan fingerprint density at radius 3 is 1.89 bits per heavy atom. The Kier molecular flexibility index (Phi) is 4.29. The van der Waals surface area contributed by atoms with Crippen LogP contribution in [0.3, 0.4) is 0 Å². The first kappa shape index (κ1) is 18.2. The Bertz CT molecular complexity index is 772. The van der Waals surface area contributed by atoms with Gasteiger partial charge in [0, 0.05) is 31.7 Å². The molecule has 0 atom stereocenters. The minimum Gasteiger partial charge on any atom is -0.339 e. The van der Waals surface area contributed by atoms with Crippen LogP contribution in [0.1, 0.15) is 60.0 Å². The fourth-order valence-corrected chi connectivity index (χ4v) is 6.88. The van der Waals surface area contributed by atoms with Gasteiger partial charge in [0.2, 0.25) is 5.91 Å². The molecule has 150 valence electrons. The molecule has 4 heteroatoms. The Hall–Kier alpha value is -1.84. The van der Waals surface area contributed by atoms with Gasteiger partial charge < -0.3 is 9.80 Å². The predicted octanol–water partition coefficient (Wildman–Crippen LogP) is 3.80. The molecule has 4 nitrogen and oxygen atoms in total. The Morgan fingerprint density at radius 2 is 1.36 bits per heavy atom. The first-order chi connectivity index (χ1) is 13.4. The van der Waals surface area contributed by atoms with Gasteiger partial charge in [-0.25, -0.2) is 0 Å². The third kappa shape index (κ3) is 2.96. The van der Waals surface area contributed by atoms with Crippen LogP contribution >= 0.6 is 0 Å². The molecule has 0 unspecified atom stereocenters. The monoisotopic (exact) mass is 380 g/mol. The fraction of sp³-hybridized carbons (Fsp3) is 0.667. The van der Waals surface area contributed by atoms with Crippen LogP contribution < -0.4 is 0 Å². The van der Waals surface area contributed by atoms with Gasteiger partial charge in [-0.1, -0.05) is 6.07 Å². The average molecular weight is 381 g/mol. The highest BCUT2D eigenvalue weighted by Gasteiger charge is 2.55. The molecule has 4 saturated carbocycles. The van der Waals surface area contributed by atoms with E-state index in [9.17, 15) is 9.59 Å².